The average molecular weight is 1300 g/mol. The van der Waals surface area contributed by atoms with Crippen LogP contribution in [0, 0.1) is 6.92 Å². The van der Waals surface area contributed by atoms with Crippen LogP contribution in [0.3, 0.4) is 0 Å². The van der Waals surface area contributed by atoms with Gasteiger partial charge in [-0.25, -0.2) is 29.9 Å². The van der Waals surface area contributed by atoms with E-state index in [-0.39, 0.29) is 11.1 Å². The van der Waals surface area contributed by atoms with Crippen molar-refractivity contribution in [2.75, 3.05) is 14.2 Å². The fourth-order valence-electron chi connectivity index (χ4n) is 8.84. The van der Waals surface area contributed by atoms with Crippen LogP contribution in [0.1, 0.15) is 164 Å². The maximum atomic E-state index is 12.5. The molecule has 12 rings (SSSR count). The lowest BCUT2D eigenvalue weighted by Crippen LogP contribution is -2.04. The quantitative estimate of drug-likeness (QED) is 0.0994. The second kappa shape index (κ2) is 34.1. The predicted molar refractivity (Wildman–Crippen MR) is 360 cm³/mol. The predicted octanol–water partition coefficient (Wildman–Crippen LogP) is 21.6. The van der Waals surface area contributed by atoms with Gasteiger partial charge in [0.25, 0.3) is 5.35 Å². The summed E-state index contributed by atoms with van der Waals surface area (Å²) in [4.78, 5) is 31.4. The Hall–Kier alpha value is -9.88. The summed E-state index contributed by atoms with van der Waals surface area (Å²) in [7, 11) is 3.13. The van der Waals surface area contributed by atoms with E-state index in [4.69, 9.17) is 47.6 Å². The van der Waals surface area contributed by atoms with Crippen LogP contribution in [-0.2, 0) is 6.18 Å². The number of nitrogens with zero attached hydrogens (tertiary/aromatic N) is 8. The molecule has 16 nitrogen and oxygen atoms in total. The molecule has 0 aliphatic carbocycles. The molecule has 0 aliphatic heterocycles. The highest BCUT2D eigenvalue weighted by atomic mass is 35.5. The minimum Gasteiger partial charge on any atom is -0.496 e. The van der Waals surface area contributed by atoms with Crippen molar-refractivity contribution in [3.8, 4) is 79.7 Å². The Labute approximate surface area is 552 Å². The first-order valence-electron chi connectivity index (χ1n) is 30.6. The van der Waals surface area contributed by atoms with Crippen molar-refractivity contribution in [3.05, 3.63) is 228 Å². The summed E-state index contributed by atoms with van der Waals surface area (Å²) in [5, 5.41) is 0.139. The van der Waals surface area contributed by atoms with Crippen molar-refractivity contribution in [1.29, 1.82) is 0 Å². The fourth-order valence-corrected chi connectivity index (χ4v) is 8.97. The maximum absolute atomic E-state index is 12.5. The van der Waals surface area contributed by atoms with Crippen molar-refractivity contribution in [2.24, 2.45) is 0 Å². The summed E-state index contributed by atoms with van der Waals surface area (Å²) in [6, 6.07) is 36.2. The standard InChI is InChI=1S/C14H14F3NO2.C13H15NO2.C13H15NO.C12H13NO.C11H11ClN2O.C11H12N2O/c1-8(2)9-4-5-10(11(6-9)19-3)12-7-18-13(20-12)14(15,16)17;1-9(2)10-4-5-11(12(6-10)15-3)13-7-14-8-16-13;1-9(2)11-4-6-12(7-5-11)13-8-14-10(3)15-13;1-9(2)10-3-5-11(6-4-10)12-7-13-8-14-12;1-7(2)8-3-4-9(13-5-8)10-6-14-11(12)15-10;1-8(2)9-3-4-10(13-5-9)11-6-12-7-14-11/h4-8H,1-3H3;4-9H,1-3H3;4-9H,1-3H3;3-9H,1-2H3;3-7H,1-2H3;3-8H,1-2H3. The van der Waals surface area contributed by atoms with Gasteiger partial charge in [-0.3, -0.25) is 9.97 Å². The van der Waals surface area contributed by atoms with Crippen LogP contribution in [-0.4, -0.2) is 54.1 Å². The topological polar surface area (TPSA) is 200 Å². The maximum Gasteiger partial charge on any atom is 0.468 e. The fraction of sp³-hybridized carbons (Fsp3) is 0.297. The number of pyridine rings is 2. The number of oxazole rings is 6. The molecular formula is C74H80ClF3N8O8. The van der Waals surface area contributed by atoms with Crippen LogP contribution < -0.4 is 9.47 Å². The summed E-state index contributed by atoms with van der Waals surface area (Å²) >= 11 is 5.59. The third-order valence-electron chi connectivity index (χ3n) is 14.6. The second-order valence-corrected chi connectivity index (χ2v) is 23.7. The molecule has 0 radical (unpaired) electrons. The van der Waals surface area contributed by atoms with E-state index >= 15 is 0 Å². The number of alkyl halides is 3. The summed E-state index contributed by atoms with van der Waals surface area (Å²) in [6.07, 6.45) is 12.9. The smallest absolute Gasteiger partial charge is 0.468 e. The molecule has 20 heteroatoms. The summed E-state index contributed by atoms with van der Waals surface area (Å²) in [5.41, 5.74) is 12.5. The Morgan fingerprint density at radius 1 is 0.372 bits per heavy atom. The lowest BCUT2D eigenvalue weighted by molar-refractivity contribution is -0.156. The van der Waals surface area contributed by atoms with Gasteiger partial charge in [0.1, 0.15) is 22.9 Å². The normalized spacial score (nSPS) is 11.1. The number of aryl methyl sites for hydroxylation is 1. The highest BCUT2D eigenvalue weighted by Gasteiger charge is 2.37. The van der Waals surface area contributed by atoms with Gasteiger partial charge in [-0.15, -0.1) is 0 Å². The lowest BCUT2D eigenvalue weighted by atomic mass is 10.0. The first-order valence-corrected chi connectivity index (χ1v) is 31.0. The first kappa shape index (κ1) is 71.6. The van der Waals surface area contributed by atoms with Crippen molar-refractivity contribution in [3.63, 3.8) is 0 Å². The number of benzene rings is 4. The summed E-state index contributed by atoms with van der Waals surface area (Å²) in [5.74, 6) is 7.33. The van der Waals surface area contributed by atoms with Crippen molar-refractivity contribution >= 4 is 11.6 Å². The molecule has 0 fully saturated rings. The van der Waals surface area contributed by atoms with Crippen LogP contribution in [0.4, 0.5) is 13.2 Å². The molecule has 8 aromatic heterocycles. The van der Waals surface area contributed by atoms with Gasteiger partial charge >= 0.3 is 12.1 Å². The molecule has 0 aliphatic rings. The summed E-state index contributed by atoms with van der Waals surface area (Å²) < 4.78 is 79.0. The number of halogens is 4. The number of aromatic nitrogens is 8. The second-order valence-electron chi connectivity index (χ2n) is 23.4. The Balaban J connectivity index is 0.000000160. The van der Waals surface area contributed by atoms with Crippen LogP contribution in [0.25, 0.3) is 68.2 Å². The van der Waals surface area contributed by atoms with Crippen LogP contribution in [0.5, 0.6) is 11.5 Å². The number of hydrogen-bond acceptors (Lipinski definition) is 16. The van der Waals surface area contributed by atoms with Gasteiger partial charge in [-0.2, -0.15) is 13.2 Å². The minimum atomic E-state index is -4.59. The van der Waals surface area contributed by atoms with Gasteiger partial charge in [0.15, 0.2) is 59.6 Å². The molecule has 94 heavy (non-hydrogen) atoms. The van der Waals surface area contributed by atoms with E-state index < -0.39 is 12.1 Å². The third-order valence-corrected chi connectivity index (χ3v) is 14.8. The largest absolute Gasteiger partial charge is 0.496 e. The molecule has 0 unspecified atom stereocenters. The molecule has 492 valence electrons. The molecule has 12 aromatic rings. The van der Waals surface area contributed by atoms with Gasteiger partial charge in [-0.05, 0) is 117 Å². The lowest BCUT2D eigenvalue weighted by Gasteiger charge is -2.11. The highest BCUT2D eigenvalue weighted by Crippen LogP contribution is 2.38. The molecule has 0 bridgehead atoms. The van der Waals surface area contributed by atoms with E-state index in [0.717, 1.165) is 62.9 Å². The van der Waals surface area contributed by atoms with Crippen molar-refractivity contribution < 1.29 is 49.1 Å². The Bertz CT molecular complexity index is 3950. The van der Waals surface area contributed by atoms with Gasteiger partial charge in [0, 0.05) is 30.4 Å². The molecule has 4 aromatic carbocycles. The monoisotopic (exact) mass is 1300 g/mol. The Morgan fingerprint density at radius 2 is 0.766 bits per heavy atom. The third kappa shape index (κ3) is 20.6. The van der Waals surface area contributed by atoms with Crippen LogP contribution >= 0.6 is 11.6 Å². The average Bonchev–Trinajstić information content (AvgIpc) is 1.68. The zero-order chi connectivity index (χ0) is 68.1. The number of rotatable bonds is 14. The zero-order valence-corrected chi connectivity index (χ0v) is 56.3. The van der Waals surface area contributed by atoms with E-state index in [1.165, 1.54) is 54.1 Å². The molecule has 0 saturated heterocycles. The van der Waals surface area contributed by atoms with E-state index in [0.29, 0.717) is 64.2 Å². The Kier molecular flexibility index (Phi) is 26.0. The van der Waals surface area contributed by atoms with Crippen LogP contribution in [0.2, 0.25) is 5.35 Å². The van der Waals surface area contributed by atoms with Crippen molar-refractivity contribution in [1.82, 2.24) is 39.9 Å². The van der Waals surface area contributed by atoms with Crippen molar-refractivity contribution in [2.45, 2.75) is 132 Å². The van der Waals surface area contributed by atoms with Crippen LogP contribution in [0.15, 0.2) is 204 Å². The van der Waals surface area contributed by atoms with E-state index in [2.05, 4.69) is 170 Å². The Morgan fingerprint density at radius 3 is 1.13 bits per heavy atom. The van der Waals surface area contributed by atoms with Gasteiger partial charge in [0.2, 0.25) is 0 Å². The number of hydrogen-bond donors (Lipinski definition) is 0. The molecule has 0 saturated carbocycles. The molecule has 0 amide bonds. The summed E-state index contributed by atoms with van der Waals surface area (Å²) in [6.45, 7) is 27.5. The first-order chi connectivity index (χ1) is 44.9. The SMILES string of the molecule is CC(C)c1ccc(-c2cnc(Cl)o2)nc1.CC(C)c1ccc(-c2cnco2)cc1.CC(C)c1ccc(-c2cnco2)nc1.COc1cc(C(C)C)ccc1-c1cnc(C(F)(F)F)o1.COc1cc(C(C)C)ccc1-c1cnco1.Cc1ncc(-c2ccc(C(C)C)cc2)o1. The molecule has 0 atom stereocenters. The van der Waals surface area contributed by atoms with Gasteiger partial charge in [-0.1, -0.05) is 156 Å². The van der Waals surface area contributed by atoms with E-state index in [1.807, 2.05) is 69.6 Å². The van der Waals surface area contributed by atoms with Gasteiger partial charge < -0.3 is 36.0 Å². The molecule has 0 spiro atoms. The van der Waals surface area contributed by atoms with E-state index in [9.17, 15) is 13.2 Å². The van der Waals surface area contributed by atoms with Gasteiger partial charge in [0.05, 0.1) is 62.5 Å². The number of ether oxygens (including phenoxy) is 2. The zero-order valence-electron chi connectivity index (χ0n) is 55.6. The van der Waals surface area contributed by atoms with E-state index in [1.54, 1.807) is 50.2 Å². The number of methoxy groups -OCH3 is 2. The minimum absolute atomic E-state index is 0.0319. The highest BCUT2D eigenvalue weighted by molar-refractivity contribution is 6.27. The molecular weight excluding hydrogens is 1220 g/mol. The molecule has 8 heterocycles. The molecule has 0 N–H and O–H groups in total.